The molecule has 0 aromatic heterocycles. The van der Waals surface area contributed by atoms with E-state index in [-0.39, 0.29) is 17.9 Å². The monoisotopic (exact) mass is 199 g/mol. The van der Waals surface area contributed by atoms with Crippen LogP contribution in [0.1, 0.15) is 12.8 Å². The molecule has 0 radical (unpaired) electrons. The Hall–Kier alpha value is -1.10. The van der Waals surface area contributed by atoms with E-state index >= 15 is 0 Å². The van der Waals surface area contributed by atoms with Gasteiger partial charge in [0.2, 0.25) is 11.8 Å². The molecule has 1 rings (SSSR count). The van der Waals surface area contributed by atoms with Gasteiger partial charge < -0.3 is 15.5 Å². The molecule has 1 aliphatic rings. The highest BCUT2D eigenvalue weighted by Gasteiger charge is 2.28. The first kappa shape index (κ1) is 11.0. The number of hydrogen-bond acceptors (Lipinski definition) is 3. The smallest absolute Gasteiger partial charge is 0.244 e. The number of nitrogens with zero attached hydrogens (tertiary/aromatic N) is 1. The molecule has 14 heavy (non-hydrogen) atoms. The Kier molecular flexibility index (Phi) is 3.88. The third kappa shape index (κ3) is 2.70. The maximum Gasteiger partial charge on any atom is 0.244 e. The Balaban J connectivity index is 2.36. The molecule has 1 aliphatic heterocycles. The van der Waals surface area contributed by atoms with E-state index in [2.05, 4.69) is 10.6 Å². The molecule has 0 bridgehead atoms. The van der Waals surface area contributed by atoms with E-state index in [1.165, 1.54) is 0 Å². The Morgan fingerprint density at radius 2 is 2.43 bits per heavy atom. The molecule has 0 spiro atoms. The lowest BCUT2D eigenvalue weighted by molar-refractivity contribution is -0.133. The number of hydrogen-bond donors (Lipinski definition) is 2. The number of carbonyl (C=O) groups is 2. The van der Waals surface area contributed by atoms with Gasteiger partial charge in [0.25, 0.3) is 0 Å². The molecule has 0 aliphatic carbocycles. The van der Waals surface area contributed by atoms with Crippen molar-refractivity contribution >= 4 is 11.8 Å². The minimum atomic E-state index is -0.302. The molecule has 1 atom stereocenters. The van der Waals surface area contributed by atoms with Gasteiger partial charge in [-0.25, -0.2) is 0 Å². The van der Waals surface area contributed by atoms with Crippen LogP contribution in [-0.4, -0.2) is 49.9 Å². The van der Waals surface area contributed by atoms with Crippen LogP contribution in [0.2, 0.25) is 0 Å². The van der Waals surface area contributed by atoms with E-state index in [0.717, 1.165) is 6.54 Å². The zero-order valence-electron chi connectivity index (χ0n) is 8.67. The largest absolute Gasteiger partial charge is 0.344 e. The molecule has 5 heteroatoms. The summed E-state index contributed by atoms with van der Waals surface area (Å²) in [4.78, 5) is 24.2. The Labute approximate surface area is 83.8 Å². The van der Waals surface area contributed by atoms with Gasteiger partial charge >= 0.3 is 0 Å². The van der Waals surface area contributed by atoms with Gasteiger partial charge in [-0.3, -0.25) is 9.59 Å². The van der Waals surface area contributed by atoms with Crippen LogP contribution in [0.4, 0.5) is 0 Å². The molecule has 2 N–H and O–H groups in total. The molecule has 1 saturated heterocycles. The molecule has 5 nitrogen and oxygen atoms in total. The molecule has 0 unspecified atom stereocenters. The van der Waals surface area contributed by atoms with Crippen LogP contribution in [0, 0.1) is 0 Å². The molecule has 1 heterocycles. The average Bonchev–Trinajstić information content (AvgIpc) is 2.60. The lowest BCUT2D eigenvalue weighted by Crippen LogP contribution is -2.44. The zero-order valence-corrected chi connectivity index (χ0v) is 8.67. The zero-order chi connectivity index (χ0) is 10.6. The molecular weight excluding hydrogens is 182 g/mol. The van der Waals surface area contributed by atoms with Crippen LogP contribution in [0.25, 0.3) is 0 Å². The maximum atomic E-state index is 11.7. The van der Waals surface area contributed by atoms with E-state index in [0.29, 0.717) is 19.4 Å². The van der Waals surface area contributed by atoms with Crippen molar-refractivity contribution in [2.75, 3.05) is 27.2 Å². The highest BCUT2D eigenvalue weighted by molar-refractivity contribution is 5.90. The summed E-state index contributed by atoms with van der Waals surface area (Å²) in [5.74, 6) is -0.0172. The van der Waals surface area contributed by atoms with Gasteiger partial charge in [-0.1, -0.05) is 0 Å². The Morgan fingerprint density at radius 1 is 1.71 bits per heavy atom. The van der Waals surface area contributed by atoms with E-state index in [1.54, 1.807) is 11.9 Å². The fourth-order valence-electron chi connectivity index (χ4n) is 1.46. The fraction of sp³-hybridized carbons (Fsp3) is 0.778. The van der Waals surface area contributed by atoms with Crippen molar-refractivity contribution in [3.63, 3.8) is 0 Å². The summed E-state index contributed by atoms with van der Waals surface area (Å²) >= 11 is 0. The van der Waals surface area contributed by atoms with Crippen LogP contribution in [0.15, 0.2) is 0 Å². The Morgan fingerprint density at radius 3 is 2.93 bits per heavy atom. The average molecular weight is 199 g/mol. The molecule has 1 fully saturated rings. The molecule has 80 valence electrons. The van der Waals surface area contributed by atoms with Crippen molar-refractivity contribution in [2.24, 2.45) is 0 Å². The van der Waals surface area contributed by atoms with Crippen LogP contribution >= 0.6 is 0 Å². The van der Waals surface area contributed by atoms with E-state index in [9.17, 15) is 9.59 Å². The summed E-state index contributed by atoms with van der Waals surface area (Å²) in [6, 6.07) is -0.302. The van der Waals surface area contributed by atoms with Gasteiger partial charge in [0, 0.05) is 26.6 Å². The van der Waals surface area contributed by atoms with Crippen LogP contribution < -0.4 is 10.6 Å². The van der Waals surface area contributed by atoms with Crippen LogP contribution in [-0.2, 0) is 9.59 Å². The van der Waals surface area contributed by atoms with Crippen molar-refractivity contribution in [1.29, 1.82) is 0 Å². The number of rotatable bonds is 4. The summed E-state index contributed by atoms with van der Waals surface area (Å²) in [6.07, 6.45) is 1.10. The third-order valence-electron chi connectivity index (χ3n) is 2.37. The first-order valence-electron chi connectivity index (χ1n) is 4.84. The van der Waals surface area contributed by atoms with Gasteiger partial charge in [-0.05, 0) is 13.5 Å². The minimum absolute atomic E-state index is 0.00565. The number of nitrogens with one attached hydrogen (secondary N) is 2. The normalized spacial score (nSPS) is 20.7. The highest BCUT2D eigenvalue weighted by Crippen LogP contribution is 2.08. The van der Waals surface area contributed by atoms with Gasteiger partial charge in [0.05, 0.1) is 0 Å². The first-order chi connectivity index (χ1) is 6.65. The van der Waals surface area contributed by atoms with E-state index in [4.69, 9.17) is 0 Å². The fourth-order valence-corrected chi connectivity index (χ4v) is 1.46. The van der Waals surface area contributed by atoms with Gasteiger partial charge in [0.15, 0.2) is 0 Å². The van der Waals surface area contributed by atoms with Crippen LogP contribution in [0.5, 0.6) is 0 Å². The van der Waals surface area contributed by atoms with E-state index < -0.39 is 0 Å². The summed E-state index contributed by atoms with van der Waals surface area (Å²) < 4.78 is 0. The van der Waals surface area contributed by atoms with Crippen LogP contribution in [0.3, 0.4) is 0 Å². The highest BCUT2D eigenvalue weighted by atomic mass is 16.2. The van der Waals surface area contributed by atoms with Crippen molar-refractivity contribution in [1.82, 2.24) is 15.5 Å². The molecule has 0 aromatic rings. The topological polar surface area (TPSA) is 61.4 Å². The van der Waals surface area contributed by atoms with E-state index in [1.807, 2.05) is 7.05 Å². The summed E-state index contributed by atoms with van der Waals surface area (Å²) in [5, 5.41) is 5.63. The van der Waals surface area contributed by atoms with Gasteiger partial charge in [-0.2, -0.15) is 0 Å². The second kappa shape index (κ2) is 4.95. The predicted molar refractivity (Wildman–Crippen MR) is 52.7 cm³/mol. The van der Waals surface area contributed by atoms with Crippen molar-refractivity contribution in [3.05, 3.63) is 0 Å². The first-order valence-corrected chi connectivity index (χ1v) is 4.84. The molecule has 0 saturated carbocycles. The minimum Gasteiger partial charge on any atom is -0.344 e. The number of likely N-dealkylation sites (N-methyl/N-ethyl adjacent to an activating group) is 2. The van der Waals surface area contributed by atoms with Gasteiger partial charge in [0.1, 0.15) is 6.04 Å². The van der Waals surface area contributed by atoms with Crippen molar-refractivity contribution in [3.8, 4) is 0 Å². The molecule has 2 amide bonds. The SMILES string of the molecule is CNCCN(C)C(=O)[C@@H]1CCC(=O)N1. The second-order valence-corrected chi connectivity index (χ2v) is 3.52. The van der Waals surface area contributed by atoms with Crippen molar-refractivity contribution in [2.45, 2.75) is 18.9 Å². The summed E-state index contributed by atoms with van der Waals surface area (Å²) in [5.41, 5.74) is 0. The summed E-state index contributed by atoms with van der Waals surface area (Å²) in [6.45, 7) is 1.44. The number of amides is 2. The second-order valence-electron chi connectivity index (χ2n) is 3.52. The third-order valence-corrected chi connectivity index (χ3v) is 2.37. The quantitative estimate of drug-likeness (QED) is 0.607. The Bertz CT molecular complexity index is 230. The lowest BCUT2D eigenvalue weighted by Gasteiger charge is -2.20. The summed E-state index contributed by atoms with van der Waals surface area (Å²) in [7, 11) is 3.60. The molecule has 0 aromatic carbocycles. The lowest BCUT2D eigenvalue weighted by atomic mass is 10.2. The predicted octanol–water partition coefficient (Wildman–Crippen LogP) is -1.06. The standard InChI is InChI=1S/C9H17N3O2/c1-10-5-6-12(2)9(14)7-3-4-8(13)11-7/h7,10H,3-6H2,1-2H3,(H,11,13)/t7-/m0/s1. The van der Waals surface area contributed by atoms with Crippen molar-refractivity contribution < 1.29 is 9.59 Å². The van der Waals surface area contributed by atoms with Gasteiger partial charge in [-0.15, -0.1) is 0 Å². The molecular formula is C9H17N3O2. The maximum absolute atomic E-state index is 11.7. The number of carbonyl (C=O) groups excluding carboxylic acids is 2.